The number of phenols is 1. The molecule has 0 saturated heterocycles. The lowest BCUT2D eigenvalue weighted by atomic mass is 10.2. The Bertz CT molecular complexity index is 418. The highest BCUT2D eigenvalue weighted by atomic mass is 127. The monoisotopic (exact) mass is 444 g/mol. The van der Waals surface area contributed by atoms with Gasteiger partial charge in [0.2, 0.25) is 0 Å². The first-order chi connectivity index (χ1) is 7.41. The van der Waals surface area contributed by atoms with Gasteiger partial charge < -0.3 is 9.84 Å². The summed E-state index contributed by atoms with van der Waals surface area (Å²) in [5.74, 6) is -0.144. The van der Waals surface area contributed by atoms with Crippen molar-refractivity contribution in [2.24, 2.45) is 0 Å². The molecule has 0 amide bonds. The summed E-state index contributed by atoms with van der Waals surface area (Å²) < 4.78 is 6.50. The highest BCUT2D eigenvalue weighted by Crippen LogP contribution is 2.27. The molecule has 3 nitrogen and oxygen atoms in total. The van der Waals surface area contributed by atoms with E-state index in [0.29, 0.717) is 5.57 Å². The van der Waals surface area contributed by atoms with Crippen molar-refractivity contribution >= 4 is 51.2 Å². The van der Waals surface area contributed by atoms with Gasteiger partial charge in [0, 0.05) is 5.57 Å². The van der Waals surface area contributed by atoms with Gasteiger partial charge in [-0.25, -0.2) is 4.79 Å². The molecule has 0 aliphatic rings. The van der Waals surface area contributed by atoms with E-state index in [1.54, 1.807) is 19.1 Å². The average Bonchev–Trinajstić information content (AvgIpc) is 2.22. The van der Waals surface area contributed by atoms with Gasteiger partial charge >= 0.3 is 5.97 Å². The molecule has 1 aromatic rings. The molecule has 16 heavy (non-hydrogen) atoms. The first-order valence-corrected chi connectivity index (χ1v) is 6.57. The standard InChI is InChI=1S/C11H10I2O3/c1-6(2)11(15)16-5-7-3-8(12)10(14)9(13)4-7/h3-4,14H,1,5H2,2H3. The Labute approximate surface area is 121 Å². The number of rotatable bonds is 3. The third-order valence-electron chi connectivity index (χ3n) is 1.80. The molecule has 0 spiro atoms. The minimum Gasteiger partial charge on any atom is -0.506 e. The van der Waals surface area contributed by atoms with E-state index in [4.69, 9.17) is 4.74 Å². The van der Waals surface area contributed by atoms with Crippen LogP contribution in [0.1, 0.15) is 12.5 Å². The number of ether oxygens (including phenoxy) is 1. The Hall–Kier alpha value is -0.310. The van der Waals surface area contributed by atoms with Gasteiger partial charge in [-0.1, -0.05) is 6.58 Å². The van der Waals surface area contributed by atoms with E-state index in [9.17, 15) is 9.90 Å². The van der Waals surface area contributed by atoms with Crippen LogP contribution in [0.15, 0.2) is 24.3 Å². The first-order valence-electron chi connectivity index (χ1n) is 4.41. The number of carbonyl (C=O) groups is 1. The van der Waals surface area contributed by atoms with E-state index in [1.165, 1.54) is 0 Å². The van der Waals surface area contributed by atoms with Crippen LogP contribution in [0.4, 0.5) is 0 Å². The minimum absolute atomic E-state index is 0.192. The van der Waals surface area contributed by atoms with Gasteiger partial charge in [0.15, 0.2) is 0 Å². The van der Waals surface area contributed by atoms with Crippen LogP contribution in [0, 0.1) is 7.14 Å². The van der Waals surface area contributed by atoms with E-state index in [1.807, 2.05) is 45.2 Å². The van der Waals surface area contributed by atoms with Crippen molar-refractivity contribution in [3.63, 3.8) is 0 Å². The lowest BCUT2D eigenvalue weighted by Crippen LogP contribution is -2.05. The first kappa shape index (κ1) is 13.8. The molecule has 1 rings (SSSR count). The van der Waals surface area contributed by atoms with Gasteiger partial charge in [-0.2, -0.15) is 0 Å². The third-order valence-corrected chi connectivity index (χ3v) is 3.44. The Morgan fingerprint density at radius 1 is 1.44 bits per heavy atom. The van der Waals surface area contributed by atoms with E-state index in [2.05, 4.69) is 6.58 Å². The molecule has 0 heterocycles. The zero-order valence-corrected chi connectivity index (χ0v) is 12.9. The van der Waals surface area contributed by atoms with Crippen molar-refractivity contribution in [1.29, 1.82) is 0 Å². The summed E-state index contributed by atoms with van der Waals surface area (Å²) in [6, 6.07) is 3.56. The fourth-order valence-electron chi connectivity index (χ4n) is 0.973. The summed E-state index contributed by atoms with van der Waals surface area (Å²) in [6.07, 6.45) is 0. The Morgan fingerprint density at radius 2 is 1.94 bits per heavy atom. The molecule has 0 aliphatic carbocycles. The highest BCUT2D eigenvalue weighted by molar-refractivity contribution is 14.1. The van der Waals surface area contributed by atoms with Gasteiger partial charge in [0.05, 0.1) is 7.14 Å². The van der Waals surface area contributed by atoms with Gasteiger partial charge in [-0.3, -0.25) is 0 Å². The lowest BCUT2D eigenvalue weighted by Gasteiger charge is -2.07. The predicted molar refractivity (Wildman–Crippen MR) is 78.2 cm³/mol. The normalized spacial score (nSPS) is 9.94. The van der Waals surface area contributed by atoms with Crippen LogP contribution in [0.25, 0.3) is 0 Å². The van der Waals surface area contributed by atoms with E-state index in [-0.39, 0.29) is 12.4 Å². The second-order valence-electron chi connectivity index (χ2n) is 3.26. The summed E-state index contributed by atoms with van der Waals surface area (Å²) >= 11 is 4.07. The highest BCUT2D eigenvalue weighted by Gasteiger charge is 2.08. The lowest BCUT2D eigenvalue weighted by molar-refractivity contribution is -0.140. The zero-order valence-electron chi connectivity index (χ0n) is 8.59. The third kappa shape index (κ3) is 3.62. The number of esters is 1. The maximum absolute atomic E-state index is 11.2. The van der Waals surface area contributed by atoms with Crippen LogP contribution in [-0.2, 0) is 16.1 Å². The van der Waals surface area contributed by atoms with Crippen molar-refractivity contribution in [2.45, 2.75) is 13.5 Å². The Kier molecular flexibility index (Phi) is 5.03. The summed E-state index contributed by atoms with van der Waals surface area (Å²) in [6.45, 7) is 5.30. The summed E-state index contributed by atoms with van der Waals surface area (Å²) in [5.41, 5.74) is 1.23. The molecule has 0 aliphatic heterocycles. The van der Waals surface area contributed by atoms with Crippen molar-refractivity contribution in [1.82, 2.24) is 0 Å². The van der Waals surface area contributed by atoms with Crippen LogP contribution in [0.2, 0.25) is 0 Å². The number of hydrogen-bond donors (Lipinski definition) is 1. The topological polar surface area (TPSA) is 46.5 Å². The Balaban J connectivity index is 2.76. The Morgan fingerprint density at radius 3 is 2.38 bits per heavy atom. The summed E-state index contributed by atoms with van der Waals surface area (Å²) in [5, 5.41) is 9.56. The maximum atomic E-state index is 11.2. The smallest absolute Gasteiger partial charge is 0.333 e. The SMILES string of the molecule is C=C(C)C(=O)OCc1cc(I)c(O)c(I)c1. The van der Waals surface area contributed by atoms with Crippen LogP contribution in [-0.4, -0.2) is 11.1 Å². The molecule has 0 aromatic heterocycles. The van der Waals surface area contributed by atoms with Crippen molar-refractivity contribution < 1.29 is 14.6 Å². The quantitative estimate of drug-likeness (QED) is 0.443. The molecule has 1 N–H and O–H groups in total. The average molecular weight is 444 g/mol. The summed E-state index contributed by atoms with van der Waals surface area (Å²) in [7, 11) is 0. The molecule has 0 saturated carbocycles. The van der Waals surface area contributed by atoms with Crippen LogP contribution >= 0.6 is 45.2 Å². The molecule has 1 aromatic carbocycles. The predicted octanol–water partition coefficient (Wildman–Crippen LogP) is 3.22. The number of carbonyl (C=O) groups excluding carboxylic acids is 1. The molecule has 0 atom stereocenters. The molecule has 0 radical (unpaired) electrons. The number of benzene rings is 1. The molecular formula is C11H10I2O3. The summed E-state index contributed by atoms with van der Waals surface area (Å²) in [4.78, 5) is 11.2. The largest absolute Gasteiger partial charge is 0.506 e. The molecule has 0 unspecified atom stereocenters. The molecule has 0 fully saturated rings. The molecule has 0 bridgehead atoms. The minimum atomic E-state index is -0.405. The van der Waals surface area contributed by atoms with Crippen LogP contribution < -0.4 is 0 Å². The van der Waals surface area contributed by atoms with Crippen molar-refractivity contribution in [3.8, 4) is 5.75 Å². The van der Waals surface area contributed by atoms with Gasteiger partial charge in [0.1, 0.15) is 12.4 Å². The van der Waals surface area contributed by atoms with Gasteiger partial charge in [-0.05, 0) is 69.8 Å². The fourth-order valence-corrected chi connectivity index (χ4v) is 2.87. The maximum Gasteiger partial charge on any atom is 0.333 e. The second-order valence-corrected chi connectivity index (χ2v) is 5.59. The van der Waals surface area contributed by atoms with Crippen molar-refractivity contribution in [2.75, 3.05) is 0 Å². The number of aromatic hydroxyl groups is 1. The number of phenolic OH excluding ortho intramolecular Hbond substituents is 1. The van der Waals surface area contributed by atoms with E-state index >= 15 is 0 Å². The second kappa shape index (κ2) is 5.85. The molecule has 86 valence electrons. The van der Waals surface area contributed by atoms with Gasteiger partial charge in [-0.15, -0.1) is 0 Å². The van der Waals surface area contributed by atoms with Crippen LogP contribution in [0.5, 0.6) is 5.75 Å². The number of hydrogen-bond acceptors (Lipinski definition) is 3. The zero-order chi connectivity index (χ0) is 12.3. The number of halogens is 2. The molecular weight excluding hydrogens is 434 g/mol. The fraction of sp³-hybridized carbons (Fsp3) is 0.182. The van der Waals surface area contributed by atoms with E-state index in [0.717, 1.165) is 12.7 Å². The molecule has 5 heteroatoms. The van der Waals surface area contributed by atoms with Crippen molar-refractivity contribution in [3.05, 3.63) is 37.0 Å². The van der Waals surface area contributed by atoms with Gasteiger partial charge in [0.25, 0.3) is 0 Å². The van der Waals surface area contributed by atoms with Crippen LogP contribution in [0.3, 0.4) is 0 Å². The van der Waals surface area contributed by atoms with E-state index < -0.39 is 5.97 Å².